The van der Waals surface area contributed by atoms with Gasteiger partial charge in [0.25, 0.3) is 5.91 Å². The highest BCUT2D eigenvalue weighted by Crippen LogP contribution is 2.24. The van der Waals surface area contributed by atoms with Crippen LogP contribution in [0.2, 0.25) is 5.02 Å². The van der Waals surface area contributed by atoms with E-state index in [0.717, 1.165) is 12.5 Å². The molecule has 19 heavy (non-hydrogen) atoms. The normalized spacial score (nSPS) is 18.6. The van der Waals surface area contributed by atoms with Gasteiger partial charge in [0, 0.05) is 17.6 Å². The molecule has 4 nitrogen and oxygen atoms in total. The molecule has 0 saturated carbocycles. The first kappa shape index (κ1) is 13.8. The number of amides is 1. The summed E-state index contributed by atoms with van der Waals surface area (Å²) < 4.78 is 13.6. The van der Waals surface area contributed by atoms with Gasteiger partial charge in [-0.1, -0.05) is 11.6 Å². The largest absolute Gasteiger partial charge is 0.481 e. The summed E-state index contributed by atoms with van der Waals surface area (Å²) in [5, 5.41) is 9.09. The molecule has 1 atom stereocenters. The second kappa shape index (κ2) is 5.57. The molecule has 0 aliphatic carbocycles. The highest BCUT2D eigenvalue weighted by molar-refractivity contribution is 6.31. The Morgan fingerprint density at radius 1 is 1.47 bits per heavy atom. The smallest absolute Gasteiger partial charge is 0.305 e. The lowest BCUT2D eigenvalue weighted by Crippen LogP contribution is -2.37. The van der Waals surface area contributed by atoms with Gasteiger partial charge in [0.05, 0.1) is 12.0 Å². The summed E-state index contributed by atoms with van der Waals surface area (Å²) in [5.74, 6) is -2.10. The minimum atomic E-state index is -0.962. The highest BCUT2D eigenvalue weighted by atomic mass is 35.5. The van der Waals surface area contributed by atoms with E-state index >= 15 is 0 Å². The first-order valence-electron chi connectivity index (χ1n) is 5.97. The van der Waals surface area contributed by atoms with Crippen LogP contribution in [0.3, 0.4) is 0 Å². The van der Waals surface area contributed by atoms with E-state index in [0.29, 0.717) is 13.0 Å². The van der Waals surface area contributed by atoms with Crippen LogP contribution in [0.15, 0.2) is 18.2 Å². The molecule has 102 valence electrons. The molecule has 1 heterocycles. The molecule has 1 aliphatic heterocycles. The van der Waals surface area contributed by atoms with Crippen molar-refractivity contribution in [1.29, 1.82) is 0 Å². The lowest BCUT2D eigenvalue weighted by Gasteiger charge is -2.23. The van der Waals surface area contributed by atoms with Crippen LogP contribution in [-0.4, -0.2) is 34.5 Å². The van der Waals surface area contributed by atoms with E-state index < -0.39 is 17.7 Å². The van der Waals surface area contributed by atoms with E-state index in [1.54, 1.807) is 0 Å². The van der Waals surface area contributed by atoms with Crippen LogP contribution in [0.5, 0.6) is 0 Å². The molecule has 1 N–H and O–H groups in total. The van der Waals surface area contributed by atoms with Gasteiger partial charge >= 0.3 is 5.97 Å². The molecule has 1 fully saturated rings. The number of benzene rings is 1. The number of aliphatic carboxylic acids is 1. The van der Waals surface area contributed by atoms with Crippen molar-refractivity contribution in [2.45, 2.75) is 25.3 Å². The Balaban J connectivity index is 2.23. The van der Waals surface area contributed by atoms with Crippen molar-refractivity contribution in [3.63, 3.8) is 0 Å². The quantitative estimate of drug-likeness (QED) is 0.928. The Labute approximate surface area is 114 Å². The van der Waals surface area contributed by atoms with Gasteiger partial charge in [0.2, 0.25) is 0 Å². The zero-order chi connectivity index (χ0) is 14.0. The predicted molar refractivity (Wildman–Crippen MR) is 67.7 cm³/mol. The molecule has 0 aromatic heterocycles. The lowest BCUT2D eigenvalue weighted by atomic mass is 10.1. The first-order chi connectivity index (χ1) is 8.99. The van der Waals surface area contributed by atoms with Crippen molar-refractivity contribution in [2.75, 3.05) is 6.54 Å². The maximum absolute atomic E-state index is 13.6. The molecule has 0 radical (unpaired) electrons. The monoisotopic (exact) mass is 285 g/mol. The molecule has 1 amide bonds. The second-order valence-corrected chi connectivity index (χ2v) is 4.95. The van der Waals surface area contributed by atoms with E-state index in [-0.39, 0.29) is 23.0 Å². The number of hydrogen-bond acceptors (Lipinski definition) is 2. The highest BCUT2D eigenvalue weighted by Gasteiger charge is 2.32. The molecule has 1 unspecified atom stereocenters. The third kappa shape index (κ3) is 3.04. The molecule has 6 heteroatoms. The zero-order valence-corrected chi connectivity index (χ0v) is 10.9. The van der Waals surface area contributed by atoms with E-state index in [4.69, 9.17) is 16.7 Å². The lowest BCUT2D eigenvalue weighted by molar-refractivity contribution is -0.137. The maximum Gasteiger partial charge on any atom is 0.305 e. The minimum absolute atomic E-state index is 0.107. The number of carboxylic acid groups (broad SMARTS) is 1. The minimum Gasteiger partial charge on any atom is -0.481 e. The van der Waals surface area contributed by atoms with Crippen LogP contribution in [0.4, 0.5) is 4.39 Å². The summed E-state index contributed by atoms with van der Waals surface area (Å²) in [6.07, 6.45) is 1.24. The number of nitrogens with zero attached hydrogens (tertiary/aromatic N) is 1. The van der Waals surface area contributed by atoms with E-state index in [9.17, 15) is 14.0 Å². The van der Waals surface area contributed by atoms with Gasteiger partial charge in [-0.2, -0.15) is 0 Å². The fourth-order valence-corrected chi connectivity index (χ4v) is 2.51. The molecule has 1 saturated heterocycles. The Morgan fingerprint density at radius 2 is 2.21 bits per heavy atom. The van der Waals surface area contributed by atoms with Gasteiger partial charge in [0.1, 0.15) is 5.82 Å². The molecule has 0 spiro atoms. The van der Waals surface area contributed by atoms with Gasteiger partial charge in [-0.3, -0.25) is 9.59 Å². The van der Waals surface area contributed by atoms with Crippen LogP contribution >= 0.6 is 11.6 Å². The molecular weight excluding hydrogens is 273 g/mol. The van der Waals surface area contributed by atoms with Gasteiger partial charge in [-0.05, 0) is 31.0 Å². The summed E-state index contributed by atoms with van der Waals surface area (Å²) in [5.41, 5.74) is -0.107. The number of carboxylic acids is 1. The SMILES string of the molecule is O=C(O)CC1CCCN1C(=O)c1cc(Cl)ccc1F. The molecule has 1 aliphatic rings. The van der Waals surface area contributed by atoms with Gasteiger partial charge in [-0.15, -0.1) is 0 Å². The average molecular weight is 286 g/mol. The number of hydrogen-bond donors (Lipinski definition) is 1. The van der Waals surface area contributed by atoms with Crippen molar-refractivity contribution in [2.24, 2.45) is 0 Å². The zero-order valence-electron chi connectivity index (χ0n) is 10.1. The molecule has 2 rings (SSSR count). The first-order valence-corrected chi connectivity index (χ1v) is 6.34. The van der Waals surface area contributed by atoms with E-state index in [1.807, 2.05) is 0 Å². The molecule has 1 aromatic rings. The summed E-state index contributed by atoms with van der Waals surface area (Å²) in [6, 6.07) is 3.41. The number of carbonyl (C=O) groups excluding carboxylic acids is 1. The van der Waals surface area contributed by atoms with Crippen LogP contribution < -0.4 is 0 Å². The summed E-state index contributed by atoms with van der Waals surface area (Å²) in [6.45, 7) is 0.447. The van der Waals surface area contributed by atoms with E-state index in [2.05, 4.69) is 0 Å². The van der Waals surface area contributed by atoms with Crippen molar-refractivity contribution in [3.8, 4) is 0 Å². The number of halogens is 2. The Bertz CT molecular complexity index is 521. The van der Waals surface area contributed by atoms with Crippen molar-refractivity contribution in [3.05, 3.63) is 34.6 Å². The standard InChI is InChI=1S/C13H13ClFNO3/c14-8-3-4-11(15)10(6-8)13(19)16-5-1-2-9(16)7-12(17)18/h3-4,6,9H,1-2,5,7H2,(H,17,18). The Morgan fingerprint density at radius 3 is 2.89 bits per heavy atom. The third-order valence-corrected chi connectivity index (χ3v) is 3.44. The van der Waals surface area contributed by atoms with Crippen molar-refractivity contribution in [1.82, 2.24) is 4.90 Å². The van der Waals surface area contributed by atoms with Crippen LogP contribution in [0.1, 0.15) is 29.6 Å². The number of rotatable bonds is 3. The Kier molecular flexibility index (Phi) is 4.04. The summed E-state index contributed by atoms with van der Waals surface area (Å²) in [7, 11) is 0. The molecule has 1 aromatic carbocycles. The van der Waals surface area contributed by atoms with Gasteiger partial charge in [0.15, 0.2) is 0 Å². The topological polar surface area (TPSA) is 57.6 Å². The molecular formula is C13H13ClFNO3. The maximum atomic E-state index is 13.6. The van der Waals surface area contributed by atoms with Crippen molar-refractivity contribution >= 4 is 23.5 Å². The summed E-state index contributed by atoms with van der Waals surface area (Å²) in [4.78, 5) is 24.4. The van der Waals surface area contributed by atoms with Crippen LogP contribution in [-0.2, 0) is 4.79 Å². The van der Waals surface area contributed by atoms with Crippen LogP contribution in [0, 0.1) is 5.82 Å². The third-order valence-electron chi connectivity index (χ3n) is 3.21. The van der Waals surface area contributed by atoms with Crippen LogP contribution in [0.25, 0.3) is 0 Å². The van der Waals surface area contributed by atoms with Gasteiger partial charge < -0.3 is 10.0 Å². The van der Waals surface area contributed by atoms with Gasteiger partial charge in [-0.25, -0.2) is 4.39 Å². The number of carbonyl (C=O) groups is 2. The Hall–Kier alpha value is -1.62. The van der Waals surface area contributed by atoms with Crippen molar-refractivity contribution < 1.29 is 19.1 Å². The summed E-state index contributed by atoms with van der Waals surface area (Å²) >= 11 is 5.76. The average Bonchev–Trinajstić information content (AvgIpc) is 2.78. The van der Waals surface area contributed by atoms with E-state index in [1.165, 1.54) is 17.0 Å². The fourth-order valence-electron chi connectivity index (χ4n) is 2.33. The fraction of sp³-hybridized carbons (Fsp3) is 0.385. The molecule has 0 bridgehead atoms. The number of likely N-dealkylation sites (tertiary alicyclic amines) is 1. The second-order valence-electron chi connectivity index (χ2n) is 4.52. The predicted octanol–water partition coefficient (Wildman–Crippen LogP) is 2.56.